The lowest BCUT2D eigenvalue weighted by Crippen LogP contribution is -2.02. The molecule has 0 aliphatic carbocycles. The highest BCUT2D eigenvalue weighted by molar-refractivity contribution is 6.33. The fraction of sp³-hybridized carbons (Fsp3) is 0.105. The predicted octanol–water partition coefficient (Wildman–Crippen LogP) is 4.83. The zero-order chi connectivity index (χ0) is 17.4. The topological polar surface area (TPSA) is 55.6 Å². The third-order valence-electron chi connectivity index (χ3n) is 3.95. The number of aromatic nitrogens is 4. The Morgan fingerprint density at radius 1 is 0.960 bits per heavy atom. The first-order valence-corrected chi connectivity index (χ1v) is 8.30. The van der Waals surface area contributed by atoms with Gasteiger partial charge in [0, 0.05) is 0 Å². The van der Waals surface area contributed by atoms with Crippen LogP contribution in [-0.4, -0.2) is 19.7 Å². The van der Waals surface area contributed by atoms with E-state index in [0.717, 1.165) is 22.4 Å². The van der Waals surface area contributed by atoms with E-state index < -0.39 is 0 Å². The average Bonchev–Trinajstić information content (AvgIpc) is 3.01. The molecule has 0 atom stereocenters. The van der Waals surface area contributed by atoms with Gasteiger partial charge >= 0.3 is 0 Å². The highest BCUT2D eigenvalue weighted by Gasteiger charge is 2.13. The number of fused-ring (bicyclic) bond motifs is 1. The Morgan fingerprint density at radius 3 is 2.48 bits per heavy atom. The van der Waals surface area contributed by atoms with E-state index in [9.17, 15) is 0 Å². The molecule has 4 rings (SSSR count). The van der Waals surface area contributed by atoms with Gasteiger partial charge in [-0.15, -0.1) is 0 Å². The van der Waals surface area contributed by atoms with E-state index in [-0.39, 0.29) is 0 Å². The fourth-order valence-corrected chi connectivity index (χ4v) is 2.86. The quantitative estimate of drug-likeness (QED) is 0.575. The molecule has 0 aliphatic heterocycles. The number of hydrogen-bond acceptors (Lipinski definition) is 4. The SMILES string of the molecule is Cc1ccc(-n2ncc3c(Nc4ccccc4Cl)nc(C)nc32)cc1. The Balaban J connectivity index is 1.84. The van der Waals surface area contributed by atoms with Gasteiger partial charge < -0.3 is 5.32 Å². The summed E-state index contributed by atoms with van der Waals surface area (Å²) in [6.07, 6.45) is 1.77. The Bertz CT molecular complexity index is 1050. The third-order valence-corrected chi connectivity index (χ3v) is 4.28. The van der Waals surface area contributed by atoms with Gasteiger partial charge in [-0.1, -0.05) is 41.4 Å². The lowest BCUT2D eigenvalue weighted by atomic mass is 10.2. The molecule has 0 saturated carbocycles. The minimum Gasteiger partial charge on any atom is -0.338 e. The molecule has 4 aromatic rings. The number of anilines is 2. The van der Waals surface area contributed by atoms with E-state index in [2.05, 4.69) is 39.4 Å². The van der Waals surface area contributed by atoms with Crippen LogP contribution in [0.5, 0.6) is 0 Å². The summed E-state index contributed by atoms with van der Waals surface area (Å²) in [4.78, 5) is 9.10. The van der Waals surface area contributed by atoms with Gasteiger partial charge in [0.05, 0.1) is 28.0 Å². The first kappa shape index (κ1) is 15.6. The third kappa shape index (κ3) is 2.94. The number of para-hydroxylation sites is 1. The minimum absolute atomic E-state index is 0.637. The smallest absolute Gasteiger partial charge is 0.168 e. The molecule has 2 heterocycles. The first-order valence-electron chi connectivity index (χ1n) is 7.93. The minimum atomic E-state index is 0.637. The molecule has 6 heteroatoms. The monoisotopic (exact) mass is 349 g/mol. The van der Waals surface area contributed by atoms with Gasteiger partial charge in [-0.3, -0.25) is 0 Å². The van der Waals surface area contributed by atoms with Crippen LogP contribution in [0.25, 0.3) is 16.7 Å². The summed E-state index contributed by atoms with van der Waals surface area (Å²) in [6, 6.07) is 15.7. The maximum atomic E-state index is 6.25. The predicted molar refractivity (Wildman–Crippen MR) is 101 cm³/mol. The summed E-state index contributed by atoms with van der Waals surface area (Å²) in [5, 5.41) is 9.27. The van der Waals surface area contributed by atoms with Crippen LogP contribution in [0.1, 0.15) is 11.4 Å². The van der Waals surface area contributed by atoms with E-state index in [4.69, 9.17) is 11.6 Å². The van der Waals surface area contributed by atoms with Gasteiger partial charge in [0.1, 0.15) is 11.6 Å². The summed E-state index contributed by atoms with van der Waals surface area (Å²) in [5.74, 6) is 1.35. The number of rotatable bonds is 3. The van der Waals surface area contributed by atoms with Crippen molar-refractivity contribution in [2.45, 2.75) is 13.8 Å². The van der Waals surface area contributed by atoms with Crippen LogP contribution in [0.3, 0.4) is 0 Å². The Kier molecular flexibility index (Phi) is 3.86. The van der Waals surface area contributed by atoms with Crippen LogP contribution in [0.4, 0.5) is 11.5 Å². The molecular weight excluding hydrogens is 334 g/mol. The van der Waals surface area contributed by atoms with Crippen LogP contribution in [0.15, 0.2) is 54.7 Å². The Morgan fingerprint density at radius 2 is 1.72 bits per heavy atom. The number of hydrogen-bond donors (Lipinski definition) is 1. The van der Waals surface area contributed by atoms with Crippen LogP contribution >= 0.6 is 11.6 Å². The van der Waals surface area contributed by atoms with Crippen LogP contribution < -0.4 is 5.32 Å². The maximum Gasteiger partial charge on any atom is 0.168 e. The number of aryl methyl sites for hydroxylation is 2. The van der Waals surface area contributed by atoms with Gasteiger partial charge in [0.15, 0.2) is 5.65 Å². The molecule has 0 fully saturated rings. The molecule has 0 radical (unpaired) electrons. The second-order valence-electron chi connectivity index (χ2n) is 5.85. The zero-order valence-corrected chi connectivity index (χ0v) is 14.6. The van der Waals surface area contributed by atoms with E-state index in [0.29, 0.717) is 16.7 Å². The highest BCUT2D eigenvalue weighted by atomic mass is 35.5. The summed E-state index contributed by atoms with van der Waals surface area (Å²) in [7, 11) is 0. The largest absolute Gasteiger partial charge is 0.338 e. The number of halogens is 1. The van der Waals surface area contributed by atoms with Crippen molar-refractivity contribution in [2.24, 2.45) is 0 Å². The van der Waals surface area contributed by atoms with Gasteiger partial charge in [-0.25, -0.2) is 14.6 Å². The molecule has 0 spiro atoms. The number of benzene rings is 2. The van der Waals surface area contributed by atoms with Gasteiger partial charge in [0.25, 0.3) is 0 Å². The van der Waals surface area contributed by atoms with E-state index >= 15 is 0 Å². The molecule has 1 N–H and O–H groups in total. The molecule has 25 heavy (non-hydrogen) atoms. The van der Waals surface area contributed by atoms with Crippen molar-refractivity contribution in [1.82, 2.24) is 19.7 Å². The molecule has 124 valence electrons. The molecule has 5 nitrogen and oxygen atoms in total. The van der Waals surface area contributed by atoms with Crippen molar-refractivity contribution in [3.05, 3.63) is 71.1 Å². The average molecular weight is 350 g/mol. The molecule has 0 saturated heterocycles. The lowest BCUT2D eigenvalue weighted by molar-refractivity contribution is 0.889. The number of nitrogens with one attached hydrogen (secondary N) is 1. The van der Waals surface area contributed by atoms with Crippen LogP contribution in [-0.2, 0) is 0 Å². The van der Waals surface area contributed by atoms with Crippen molar-refractivity contribution >= 4 is 34.1 Å². The van der Waals surface area contributed by atoms with E-state index in [1.165, 1.54) is 5.56 Å². The summed E-state index contributed by atoms with van der Waals surface area (Å²) < 4.78 is 1.82. The second kappa shape index (κ2) is 6.18. The lowest BCUT2D eigenvalue weighted by Gasteiger charge is -2.09. The number of nitrogens with zero attached hydrogens (tertiary/aromatic N) is 4. The summed E-state index contributed by atoms with van der Waals surface area (Å²) in [6.45, 7) is 3.92. The molecular formula is C19H16ClN5. The molecule has 0 unspecified atom stereocenters. The van der Waals surface area contributed by atoms with E-state index in [1.54, 1.807) is 6.20 Å². The first-order chi connectivity index (χ1) is 12.1. The standard InChI is InChI=1S/C19H16ClN5/c1-12-7-9-14(10-8-12)25-19-15(11-21-25)18(22-13(2)23-19)24-17-6-4-3-5-16(17)20/h3-11H,1-2H3,(H,22,23,24). The molecule has 0 aliphatic rings. The van der Waals surface area contributed by atoms with Crippen molar-refractivity contribution < 1.29 is 0 Å². The van der Waals surface area contributed by atoms with Crippen molar-refractivity contribution in [3.63, 3.8) is 0 Å². The van der Waals surface area contributed by atoms with Gasteiger partial charge in [-0.05, 0) is 38.1 Å². The van der Waals surface area contributed by atoms with Gasteiger partial charge in [0.2, 0.25) is 0 Å². The van der Waals surface area contributed by atoms with Crippen molar-refractivity contribution in [2.75, 3.05) is 5.32 Å². The highest BCUT2D eigenvalue weighted by Crippen LogP contribution is 2.29. The Labute approximate surface area is 150 Å². The normalized spacial score (nSPS) is 11.0. The summed E-state index contributed by atoms with van der Waals surface area (Å²) >= 11 is 6.25. The van der Waals surface area contributed by atoms with E-state index in [1.807, 2.05) is 48.0 Å². The zero-order valence-electron chi connectivity index (χ0n) is 13.9. The summed E-state index contributed by atoms with van der Waals surface area (Å²) in [5.41, 5.74) is 3.71. The van der Waals surface area contributed by atoms with Gasteiger partial charge in [-0.2, -0.15) is 5.10 Å². The molecule has 2 aromatic heterocycles. The molecule has 2 aromatic carbocycles. The van der Waals surface area contributed by atoms with Crippen LogP contribution in [0, 0.1) is 13.8 Å². The second-order valence-corrected chi connectivity index (χ2v) is 6.26. The maximum absolute atomic E-state index is 6.25. The van der Waals surface area contributed by atoms with Crippen molar-refractivity contribution in [3.8, 4) is 5.69 Å². The fourth-order valence-electron chi connectivity index (χ4n) is 2.68. The molecule has 0 amide bonds. The molecule has 0 bridgehead atoms. The van der Waals surface area contributed by atoms with Crippen molar-refractivity contribution in [1.29, 1.82) is 0 Å². The van der Waals surface area contributed by atoms with Crippen LogP contribution in [0.2, 0.25) is 5.02 Å². The Hall–Kier alpha value is -2.92.